The normalized spacial score (nSPS) is 20.8. The van der Waals surface area contributed by atoms with E-state index in [0.29, 0.717) is 6.54 Å². The monoisotopic (exact) mass is 756 g/mol. The molecular formula is C45H89NO7. The topological polar surface area (TPSA) is 120 Å². The summed E-state index contributed by atoms with van der Waals surface area (Å²) in [5.41, 5.74) is 0. The minimum atomic E-state index is -1.53. The van der Waals surface area contributed by atoms with Crippen LogP contribution in [0.2, 0.25) is 0 Å². The Bertz CT molecular complexity index is 799. The van der Waals surface area contributed by atoms with Crippen LogP contribution in [-0.2, 0) is 9.47 Å². The highest BCUT2D eigenvalue weighted by atomic mass is 16.6. The third-order valence-electron chi connectivity index (χ3n) is 11.4. The minimum Gasteiger partial charge on any atom is -0.446 e. The summed E-state index contributed by atoms with van der Waals surface area (Å²) in [6, 6.07) is 0. The Hall–Kier alpha value is -0.930. The number of hydrogen-bond donors (Lipinski definition) is 4. The van der Waals surface area contributed by atoms with E-state index in [9.17, 15) is 25.2 Å². The maximum atomic E-state index is 13.5. The molecule has 8 nitrogen and oxygen atoms in total. The van der Waals surface area contributed by atoms with Gasteiger partial charge in [0.2, 0.25) is 0 Å². The minimum absolute atomic E-state index is 0.285. The van der Waals surface area contributed by atoms with Crippen LogP contribution in [0.4, 0.5) is 4.79 Å². The van der Waals surface area contributed by atoms with Gasteiger partial charge in [-0.1, -0.05) is 206 Å². The number of amides is 1. The van der Waals surface area contributed by atoms with E-state index in [0.717, 1.165) is 44.9 Å². The first-order valence-corrected chi connectivity index (χ1v) is 23.1. The van der Waals surface area contributed by atoms with Gasteiger partial charge < -0.3 is 29.9 Å². The summed E-state index contributed by atoms with van der Waals surface area (Å²) >= 11 is 0. The first kappa shape index (κ1) is 50.1. The molecule has 0 saturated carbocycles. The lowest BCUT2D eigenvalue weighted by molar-refractivity contribution is -0.259. The third-order valence-corrected chi connectivity index (χ3v) is 11.4. The van der Waals surface area contributed by atoms with E-state index in [1.807, 2.05) is 6.92 Å². The number of carbonyl (C=O) groups is 1. The molecule has 1 saturated heterocycles. The van der Waals surface area contributed by atoms with Crippen molar-refractivity contribution < 1.29 is 34.7 Å². The van der Waals surface area contributed by atoms with Crippen LogP contribution in [0.5, 0.6) is 0 Å². The molecule has 0 spiro atoms. The number of rotatable bonds is 37. The van der Waals surface area contributed by atoms with E-state index < -0.39 is 43.3 Å². The quantitative estimate of drug-likeness (QED) is 0.0466. The number of aliphatic hydroxyl groups is 4. The van der Waals surface area contributed by atoms with Gasteiger partial charge in [0.05, 0.1) is 6.61 Å². The molecule has 8 heteroatoms. The first-order valence-electron chi connectivity index (χ1n) is 23.1. The Morgan fingerprint density at radius 1 is 0.528 bits per heavy atom. The maximum absolute atomic E-state index is 13.5. The lowest BCUT2D eigenvalue weighted by Gasteiger charge is -2.44. The molecule has 53 heavy (non-hydrogen) atoms. The van der Waals surface area contributed by atoms with E-state index in [-0.39, 0.29) is 6.10 Å². The Kier molecular flexibility index (Phi) is 33.5. The van der Waals surface area contributed by atoms with E-state index in [1.165, 1.54) is 172 Å². The van der Waals surface area contributed by atoms with E-state index in [4.69, 9.17) is 9.47 Å². The predicted molar refractivity (Wildman–Crippen MR) is 220 cm³/mol. The van der Waals surface area contributed by atoms with Crippen LogP contribution in [0.15, 0.2) is 0 Å². The van der Waals surface area contributed by atoms with Crippen LogP contribution >= 0.6 is 0 Å². The average molecular weight is 756 g/mol. The summed E-state index contributed by atoms with van der Waals surface area (Å²) in [5, 5.41) is 41.3. The van der Waals surface area contributed by atoms with Gasteiger partial charge in [0.1, 0.15) is 30.5 Å². The number of carbonyl (C=O) groups excluding carboxylic acids is 1. The Morgan fingerprint density at radius 3 is 1.23 bits per heavy atom. The van der Waals surface area contributed by atoms with Crippen LogP contribution in [0.25, 0.3) is 0 Å². The van der Waals surface area contributed by atoms with Crippen LogP contribution < -0.4 is 0 Å². The highest BCUT2D eigenvalue weighted by Gasteiger charge is 2.47. The summed E-state index contributed by atoms with van der Waals surface area (Å²) in [4.78, 5) is 14.8. The summed E-state index contributed by atoms with van der Waals surface area (Å²) in [6.45, 7) is 6.23. The van der Waals surface area contributed by atoms with E-state index in [1.54, 1.807) is 0 Å². The summed E-state index contributed by atoms with van der Waals surface area (Å²) in [6.07, 6.45) is 34.2. The standard InChI is InChI=1S/C45H89NO7/c1-4-6-8-10-12-14-16-18-20-22-24-26-28-30-32-34-36-39(3)52-45(51)46(44-43(50)42(49)41(48)40(38-47)53-44)37-35-33-31-29-27-25-23-21-19-17-15-13-11-9-7-5-2/h39-44,47-50H,4-38H2,1-3H3/t39?,40-,41+,42+,43-,44?/m1/s1. The molecule has 1 fully saturated rings. The Morgan fingerprint density at radius 2 is 0.868 bits per heavy atom. The second-order valence-corrected chi connectivity index (χ2v) is 16.5. The van der Waals surface area contributed by atoms with Crippen molar-refractivity contribution in [3.63, 3.8) is 0 Å². The zero-order chi connectivity index (χ0) is 38.8. The molecule has 0 aliphatic carbocycles. The van der Waals surface area contributed by atoms with Crippen molar-refractivity contribution in [3.8, 4) is 0 Å². The number of aliphatic hydroxyl groups excluding tert-OH is 4. The smallest absolute Gasteiger partial charge is 0.412 e. The zero-order valence-electron chi connectivity index (χ0n) is 35.2. The molecule has 0 aromatic carbocycles. The highest BCUT2D eigenvalue weighted by molar-refractivity contribution is 5.68. The third kappa shape index (κ3) is 25.8. The molecule has 1 aliphatic rings. The van der Waals surface area contributed by atoms with Gasteiger partial charge in [0, 0.05) is 6.54 Å². The Balaban J connectivity index is 2.29. The summed E-state index contributed by atoms with van der Waals surface area (Å²) in [7, 11) is 0. The van der Waals surface area contributed by atoms with Crippen molar-refractivity contribution >= 4 is 6.09 Å². The molecule has 2 unspecified atom stereocenters. The van der Waals surface area contributed by atoms with Gasteiger partial charge in [-0.3, -0.25) is 4.90 Å². The summed E-state index contributed by atoms with van der Waals surface area (Å²) < 4.78 is 11.6. The largest absolute Gasteiger partial charge is 0.446 e. The number of nitrogens with zero attached hydrogens (tertiary/aromatic N) is 1. The number of unbranched alkanes of at least 4 members (excludes halogenated alkanes) is 30. The fourth-order valence-electron chi connectivity index (χ4n) is 7.77. The van der Waals surface area contributed by atoms with Gasteiger partial charge in [0.15, 0.2) is 6.23 Å². The number of ether oxygens (including phenoxy) is 2. The van der Waals surface area contributed by atoms with Crippen molar-refractivity contribution in [3.05, 3.63) is 0 Å². The van der Waals surface area contributed by atoms with Gasteiger partial charge in [-0.2, -0.15) is 0 Å². The first-order chi connectivity index (χ1) is 25.9. The van der Waals surface area contributed by atoms with Crippen LogP contribution in [0.3, 0.4) is 0 Å². The van der Waals surface area contributed by atoms with Crippen molar-refractivity contribution in [1.82, 2.24) is 4.90 Å². The second-order valence-electron chi connectivity index (χ2n) is 16.5. The molecule has 1 heterocycles. The van der Waals surface area contributed by atoms with E-state index >= 15 is 0 Å². The van der Waals surface area contributed by atoms with Crippen molar-refractivity contribution in [2.75, 3.05) is 13.2 Å². The molecule has 6 atom stereocenters. The lowest BCUT2D eigenvalue weighted by Crippen LogP contribution is -2.64. The van der Waals surface area contributed by atoms with Crippen molar-refractivity contribution in [1.29, 1.82) is 0 Å². The van der Waals surface area contributed by atoms with Gasteiger partial charge in [-0.15, -0.1) is 0 Å². The molecule has 0 aromatic rings. The number of hydrogen-bond acceptors (Lipinski definition) is 7. The van der Waals surface area contributed by atoms with Gasteiger partial charge in [-0.25, -0.2) is 4.79 Å². The summed E-state index contributed by atoms with van der Waals surface area (Å²) in [5.74, 6) is 0. The Labute approximate surface area is 327 Å². The fourth-order valence-corrected chi connectivity index (χ4v) is 7.77. The molecular weight excluding hydrogens is 666 g/mol. The molecule has 4 N–H and O–H groups in total. The molecule has 1 amide bonds. The van der Waals surface area contributed by atoms with Gasteiger partial charge in [0.25, 0.3) is 0 Å². The molecule has 1 aliphatic heterocycles. The maximum Gasteiger partial charge on any atom is 0.412 e. The van der Waals surface area contributed by atoms with Crippen LogP contribution in [0, 0.1) is 0 Å². The second kappa shape index (κ2) is 35.5. The van der Waals surface area contributed by atoms with Crippen molar-refractivity contribution in [2.45, 2.75) is 269 Å². The lowest BCUT2D eigenvalue weighted by atomic mass is 9.97. The van der Waals surface area contributed by atoms with Crippen molar-refractivity contribution in [2.24, 2.45) is 0 Å². The molecule has 1 rings (SSSR count). The van der Waals surface area contributed by atoms with Crippen LogP contribution in [-0.4, -0.2) is 81.3 Å². The molecule has 0 bridgehead atoms. The SMILES string of the molecule is CCCCCCCCCCCCCCCCCCC(C)OC(=O)N(CCCCCCCCCCCCCCCCCC)C1O[C@H](CO)[C@H](O)[C@H](O)[C@H]1O. The van der Waals surface area contributed by atoms with Crippen LogP contribution in [0.1, 0.15) is 233 Å². The average Bonchev–Trinajstić information content (AvgIpc) is 3.15. The zero-order valence-corrected chi connectivity index (χ0v) is 35.2. The predicted octanol–water partition coefficient (Wildman–Crippen LogP) is 11.5. The highest BCUT2D eigenvalue weighted by Crippen LogP contribution is 2.26. The fraction of sp³-hybridized carbons (Fsp3) is 0.978. The molecule has 0 aromatic heterocycles. The van der Waals surface area contributed by atoms with Gasteiger partial charge in [-0.05, 0) is 26.2 Å². The molecule has 316 valence electrons. The van der Waals surface area contributed by atoms with E-state index in [2.05, 4.69) is 13.8 Å². The molecule has 0 radical (unpaired) electrons. The van der Waals surface area contributed by atoms with Gasteiger partial charge >= 0.3 is 6.09 Å².